The van der Waals surface area contributed by atoms with Crippen molar-refractivity contribution in [1.29, 1.82) is 0 Å². The van der Waals surface area contributed by atoms with Gasteiger partial charge in [0.15, 0.2) is 6.10 Å². The van der Waals surface area contributed by atoms with Gasteiger partial charge in [-0.2, -0.15) is 0 Å². The number of fused-ring (bicyclic) bond motifs is 1. The van der Waals surface area contributed by atoms with Crippen LogP contribution in [0.5, 0.6) is 11.5 Å². The summed E-state index contributed by atoms with van der Waals surface area (Å²) in [7, 11) is 0. The molecule has 19 heavy (non-hydrogen) atoms. The Bertz CT molecular complexity index is 684. The molecule has 0 amide bonds. The minimum absolute atomic E-state index is 0.0582. The second-order valence-electron chi connectivity index (χ2n) is 4.32. The Balaban J connectivity index is 2.01. The molecule has 96 valence electrons. The van der Waals surface area contributed by atoms with Crippen molar-refractivity contribution in [3.8, 4) is 11.5 Å². The predicted octanol–water partition coefficient (Wildman–Crippen LogP) is 2.94. The van der Waals surface area contributed by atoms with Gasteiger partial charge in [-0.3, -0.25) is 4.79 Å². The summed E-state index contributed by atoms with van der Waals surface area (Å²) in [5.74, 6) is 0.281. The molecule has 0 saturated heterocycles. The SMILES string of the molecule is Nc1cc(C2Oc3cc(O)ccc3C2=O)ccc1Cl. The number of carbonyl (C=O) groups is 1. The Hall–Kier alpha value is -2.20. The van der Waals surface area contributed by atoms with Gasteiger partial charge in [-0.25, -0.2) is 0 Å². The fraction of sp³-hybridized carbons (Fsp3) is 0.0714. The lowest BCUT2D eigenvalue weighted by Gasteiger charge is -2.10. The fourth-order valence-corrected chi connectivity index (χ4v) is 2.20. The highest BCUT2D eigenvalue weighted by Crippen LogP contribution is 2.39. The first-order valence-electron chi connectivity index (χ1n) is 5.65. The van der Waals surface area contributed by atoms with Crippen molar-refractivity contribution in [1.82, 2.24) is 0 Å². The lowest BCUT2D eigenvalue weighted by molar-refractivity contribution is 0.0858. The van der Waals surface area contributed by atoms with Gasteiger partial charge in [-0.05, 0) is 24.3 Å². The molecule has 0 saturated carbocycles. The average molecular weight is 276 g/mol. The van der Waals surface area contributed by atoms with Crippen LogP contribution >= 0.6 is 11.6 Å². The van der Waals surface area contributed by atoms with Crippen molar-refractivity contribution in [3.63, 3.8) is 0 Å². The second-order valence-corrected chi connectivity index (χ2v) is 4.73. The highest BCUT2D eigenvalue weighted by Gasteiger charge is 2.34. The van der Waals surface area contributed by atoms with Crippen molar-refractivity contribution < 1.29 is 14.6 Å². The van der Waals surface area contributed by atoms with Crippen molar-refractivity contribution in [2.75, 3.05) is 5.73 Å². The summed E-state index contributed by atoms with van der Waals surface area (Å²) in [6, 6.07) is 9.38. The monoisotopic (exact) mass is 275 g/mol. The number of benzene rings is 2. The highest BCUT2D eigenvalue weighted by atomic mass is 35.5. The number of Topliss-reactive ketones (excluding diaryl/α,β-unsaturated/α-hetero) is 1. The van der Waals surface area contributed by atoms with E-state index in [1.54, 1.807) is 24.3 Å². The van der Waals surface area contributed by atoms with E-state index in [9.17, 15) is 9.90 Å². The smallest absolute Gasteiger partial charge is 0.211 e. The van der Waals surface area contributed by atoms with Crippen molar-refractivity contribution in [2.24, 2.45) is 0 Å². The lowest BCUT2D eigenvalue weighted by atomic mass is 10.0. The zero-order valence-electron chi connectivity index (χ0n) is 9.76. The number of hydrogen-bond acceptors (Lipinski definition) is 4. The van der Waals surface area contributed by atoms with Crippen LogP contribution in [0.15, 0.2) is 36.4 Å². The number of ether oxygens (including phenoxy) is 1. The zero-order valence-corrected chi connectivity index (χ0v) is 10.5. The summed E-state index contributed by atoms with van der Waals surface area (Å²) in [6.07, 6.45) is -0.739. The van der Waals surface area contributed by atoms with Gasteiger partial charge in [-0.15, -0.1) is 0 Å². The number of phenolic OH excluding ortho intramolecular Hbond substituents is 1. The average Bonchev–Trinajstić information content (AvgIpc) is 2.70. The van der Waals surface area contributed by atoms with E-state index >= 15 is 0 Å². The van der Waals surface area contributed by atoms with Crippen LogP contribution in [0.2, 0.25) is 5.02 Å². The van der Waals surface area contributed by atoms with Crippen LogP contribution < -0.4 is 10.5 Å². The molecule has 0 aliphatic carbocycles. The van der Waals surface area contributed by atoms with Crippen LogP contribution in [0.25, 0.3) is 0 Å². The molecule has 3 N–H and O–H groups in total. The Morgan fingerprint density at radius 3 is 2.74 bits per heavy atom. The number of phenols is 1. The fourth-order valence-electron chi connectivity index (χ4n) is 2.08. The largest absolute Gasteiger partial charge is 0.508 e. The summed E-state index contributed by atoms with van der Waals surface area (Å²) in [4.78, 5) is 12.2. The molecule has 1 atom stereocenters. The molecule has 1 unspecified atom stereocenters. The number of rotatable bonds is 1. The first-order chi connectivity index (χ1) is 9.06. The van der Waals surface area contributed by atoms with Gasteiger partial charge >= 0.3 is 0 Å². The van der Waals surface area contributed by atoms with E-state index < -0.39 is 6.10 Å². The number of aromatic hydroxyl groups is 1. The van der Waals surface area contributed by atoms with E-state index in [2.05, 4.69) is 0 Å². The summed E-state index contributed by atoms with van der Waals surface area (Å²) >= 11 is 5.85. The van der Waals surface area contributed by atoms with E-state index in [-0.39, 0.29) is 11.5 Å². The summed E-state index contributed by atoms with van der Waals surface area (Å²) < 4.78 is 5.57. The maximum atomic E-state index is 12.2. The summed E-state index contributed by atoms with van der Waals surface area (Å²) in [6.45, 7) is 0. The molecule has 2 aromatic carbocycles. The van der Waals surface area contributed by atoms with Gasteiger partial charge in [0.25, 0.3) is 0 Å². The second kappa shape index (κ2) is 4.17. The van der Waals surface area contributed by atoms with Crippen molar-refractivity contribution in [2.45, 2.75) is 6.10 Å². The topological polar surface area (TPSA) is 72.6 Å². The predicted molar refractivity (Wildman–Crippen MR) is 71.7 cm³/mol. The van der Waals surface area contributed by atoms with E-state index in [1.165, 1.54) is 12.1 Å². The Kier molecular flexibility index (Phi) is 2.61. The number of ketones is 1. The number of nitrogens with two attached hydrogens (primary N) is 1. The lowest BCUT2D eigenvalue weighted by Crippen LogP contribution is -2.11. The normalized spacial score (nSPS) is 17.1. The molecule has 0 spiro atoms. The number of halogens is 1. The third-order valence-corrected chi connectivity index (χ3v) is 3.38. The Morgan fingerprint density at radius 2 is 2.00 bits per heavy atom. The summed E-state index contributed by atoms with van der Waals surface area (Å²) in [5.41, 5.74) is 7.22. The van der Waals surface area contributed by atoms with Crippen molar-refractivity contribution >= 4 is 23.1 Å². The first-order valence-corrected chi connectivity index (χ1v) is 6.03. The van der Waals surface area contributed by atoms with E-state index in [1.807, 2.05) is 0 Å². The molecule has 0 radical (unpaired) electrons. The summed E-state index contributed by atoms with van der Waals surface area (Å²) in [5, 5.41) is 9.83. The highest BCUT2D eigenvalue weighted by molar-refractivity contribution is 6.33. The van der Waals surface area contributed by atoms with Gasteiger partial charge < -0.3 is 15.6 Å². The molecule has 1 aliphatic rings. The van der Waals surface area contributed by atoms with Crippen LogP contribution in [0.4, 0.5) is 5.69 Å². The van der Waals surface area contributed by atoms with Crippen LogP contribution in [-0.4, -0.2) is 10.9 Å². The molecule has 2 aromatic rings. The Morgan fingerprint density at radius 1 is 1.21 bits per heavy atom. The van der Waals surface area contributed by atoms with Gasteiger partial charge in [-0.1, -0.05) is 17.7 Å². The minimum atomic E-state index is -0.739. The minimum Gasteiger partial charge on any atom is -0.508 e. The van der Waals surface area contributed by atoms with Crippen LogP contribution in [-0.2, 0) is 0 Å². The molecule has 4 nitrogen and oxygen atoms in total. The van der Waals surface area contributed by atoms with Gasteiger partial charge in [0.1, 0.15) is 11.5 Å². The molecule has 0 bridgehead atoms. The molecular formula is C14H10ClNO3. The van der Waals surface area contributed by atoms with Gasteiger partial charge in [0.2, 0.25) is 5.78 Å². The zero-order chi connectivity index (χ0) is 13.6. The molecule has 0 aromatic heterocycles. The molecule has 5 heteroatoms. The van der Waals surface area contributed by atoms with Gasteiger partial charge in [0.05, 0.1) is 16.3 Å². The first kappa shape index (κ1) is 11.9. The van der Waals surface area contributed by atoms with E-state index in [0.717, 1.165) is 0 Å². The number of carbonyl (C=O) groups excluding carboxylic acids is 1. The molecule has 0 fully saturated rings. The maximum absolute atomic E-state index is 12.2. The number of anilines is 1. The molecule has 3 rings (SSSR count). The Labute approximate surface area is 114 Å². The van der Waals surface area contributed by atoms with E-state index in [0.29, 0.717) is 27.6 Å². The maximum Gasteiger partial charge on any atom is 0.211 e. The number of nitrogen functional groups attached to an aromatic ring is 1. The van der Waals surface area contributed by atoms with Crippen LogP contribution in [0.1, 0.15) is 22.0 Å². The van der Waals surface area contributed by atoms with Gasteiger partial charge in [0, 0.05) is 11.6 Å². The van der Waals surface area contributed by atoms with Crippen LogP contribution in [0, 0.1) is 0 Å². The molecule has 1 heterocycles. The third kappa shape index (κ3) is 1.90. The number of hydrogen-bond donors (Lipinski definition) is 2. The molecular weight excluding hydrogens is 266 g/mol. The third-order valence-electron chi connectivity index (χ3n) is 3.04. The molecule has 1 aliphatic heterocycles. The quantitative estimate of drug-likeness (QED) is 0.785. The standard InChI is InChI=1S/C14H10ClNO3/c15-10-4-1-7(5-11(10)16)14-13(18)9-3-2-8(17)6-12(9)19-14/h1-6,14,17H,16H2. The van der Waals surface area contributed by atoms with Crippen LogP contribution in [0.3, 0.4) is 0 Å². The van der Waals surface area contributed by atoms with E-state index in [4.69, 9.17) is 22.1 Å². The van der Waals surface area contributed by atoms with Crippen molar-refractivity contribution in [3.05, 3.63) is 52.5 Å².